The third kappa shape index (κ3) is 4.87. The summed E-state index contributed by atoms with van der Waals surface area (Å²) in [4.78, 5) is 30.9. The minimum atomic E-state index is -0.688. The fourth-order valence-electron chi connectivity index (χ4n) is 3.49. The summed E-state index contributed by atoms with van der Waals surface area (Å²) in [5.41, 5.74) is 1.67. The molecule has 158 valence electrons. The first kappa shape index (κ1) is 20.1. The predicted octanol–water partition coefficient (Wildman–Crippen LogP) is 0.616. The molecule has 30 heavy (non-hydrogen) atoms. The van der Waals surface area contributed by atoms with E-state index in [-0.39, 0.29) is 25.9 Å². The van der Waals surface area contributed by atoms with Crippen LogP contribution >= 0.6 is 0 Å². The first-order chi connectivity index (χ1) is 14.7. The molecule has 0 radical (unpaired) electrons. The van der Waals surface area contributed by atoms with Gasteiger partial charge in [0.15, 0.2) is 11.5 Å². The molecule has 9 nitrogen and oxygen atoms in total. The van der Waals surface area contributed by atoms with Gasteiger partial charge in [-0.3, -0.25) is 19.5 Å². The van der Waals surface area contributed by atoms with Gasteiger partial charge in [0.25, 0.3) is 0 Å². The summed E-state index contributed by atoms with van der Waals surface area (Å²) >= 11 is 0. The number of aromatic nitrogens is 1. The number of amides is 2. The van der Waals surface area contributed by atoms with E-state index in [9.17, 15) is 9.59 Å². The highest BCUT2D eigenvalue weighted by Gasteiger charge is 2.26. The molecular formula is C21H24N4O5. The normalized spacial score (nSPS) is 16.7. The molecule has 9 heteroatoms. The summed E-state index contributed by atoms with van der Waals surface area (Å²) in [7, 11) is 0. The van der Waals surface area contributed by atoms with Crippen LogP contribution in [0, 0.1) is 0 Å². The molecule has 1 aromatic heterocycles. The van der Waals surface area contributed by atoms with Crippen LogP contribution in [0.5, 0.6) is 11.5 Å². The molecular weight excluding hydrogens is 388 g/mol. The first-order valence-corrected chi connectivity index (χ1v) is 9.88. The number of carbonyl (C=O) groups is 2. The van der Waals surface area contributed by atoms with Crippen LogP contribution < -0.4 is 20.1 Å². The number of morpholine rings is 1. The number of hydrogen-bond donors (Lipinski definition) is 2. The zero-order chi connectivity index (χ0) is 20.8. The molecule has 3 heterocycles. The molecule has 1 saturated heterocycles. The van der Waals surface area contributed by atoms with Gasteiger partial charge in [-0.05, 0) is 29.8 Å². The van der Waals surface area contributed by atoms with Gasteiger partial charge in [0, 0.05) is 25.8 Å². The van der Waals surface area contributed by atoms with Gasteiger partial charge in [-0.1, -0.05) is 12.1 Å². The average Bonchev–Trinajstić information content (AvgIpc) is 3.27. The SMILES string of the molecule is O=C(NCc1ccccn1)C(=O)NCC(c1ccc2c(c1)OCO2)N1CCOCC1. The van der Waals surface area contributed by atoms with E-state index in [0.29, 0.717) is 30.4 Å². The number of pyridine rings is 1. The standard InChI is InChI=1S/C21H24N4O5/c26-20(23-12-16-3-1-2-6-22-16)21(27)24-13-17(25-7-9-28-10-8-25)15-4-5-18-19(11-15)30-14-29-18/h1-6,11,17H,7-10,12-14H2,(H,23,26)(H,24,27). The Labute approximate surface area is 174 Å². The Morgan fingerprint density at radius 1 is 1.03 bits per heavy atom. The summed E-state index contributed by atoms with van der Waals surface area (Å²) in [6, 6.07) is 11.0. The second kappa shape index (κ2) is 9.55. The van der Waals surface area contributed by atoms with Crippen LogP contribution in [-0.4, -0.2) is 61.3 Å². The van der Waals surface area contributed by atoms with Crippen molar-refractivity contribution in [2.45, 2.75) is 12.6 Å². The highest BCUT2D eigenvalue weighted by Crippen LogP contribution is 2.35. The molecule has 0 aliphatic carbocycles. The smallest absolute Gasteiger partial charge is 0.309 e. The van der Waals surface area contributed by atoms with Gasteiger partial charge in [0.05, 0.1) is 31.5 Å². The van der Waals surface area contributed by atoms with E-state index in [1.165, 1.54) is 0 Å². The van der Waals surface area contributed by atoms with E-state index < -0.39 is 11.8 Å². The lowest BCUT2D eigenvalue weighted by atomic mass is 10.0. The number of nitrogens with zero attached hydrogens (tertiary/aromatic N) is 2. The van der Waals surface area contributed by atoms with Gasteiger partial charge < -0.3 is 24.8 Å². The quantitative estimate of drug-likeness (QED) is 0.671. The number of carbonyl (C=O) groups excluding carboxylic acids is 2. The van der Waals surface area contributed by atoms with Crippen LogP contribution in [0.2, 0.25) is 0 Å². The van der Waals surface area contributed by atoms with Crippen LogP contribution in [0.1, 0.15) is 17.3 Å². The highest BCUT2D eigenvalue weighted by molar-refractivity contribution is 6.35. The topological polar surface area (TPSA) is 102 Å². The van der Waals surface area contributed by atoms with Crippen molar-refractivity contribution in [3.63, 3.8) is 0 Å². The number of fused-ring (bicyclic) bond motifs is 1. The fraction of sp³-hybridized carbons (Fsp3) is 0.381. The zero-order valence-corrected chi connectivity index (χ0v) is 16.5. The van der Waals surface area contributed by atoms with Crippen molar-refractivity contribution in [1.82, 2.24) is 20.5 Å². The second-order valence-corrected chi connectivity index (χ2v) is 6.99. The molecule has 4 rings (SSSR count). The molecule has 0 saturated carbocycles. The van der Waals surface area contributed by atoms with Crippen molar-refractivity contribution in [2.75, 3.05) is 39.6 Å². The molecule has 2 N–H and O–H groups in total. The van der Waals surface area contributed by atoms with Gasteiger partial charge in [0.2, 0.25) is 6.79 Å². The molecule has 1 atom stereocenters. The average molecular weight is 412 g/mol. The van der Waals surface area contributed by atoms with Gasteiger partial charge in [-0.15, -0.1) is 0 Å². The lowest BCUT2D eigenvalue weighted by molar-refractivity contribution is -0.139. The summed E-state index contributed by atoms with van der Waals surface area (Å²) in [6.45, 7) is 3.41. The first-order valence-electron chi connectivity index (χ1n) is 9.88. The van der Waals surface area contributed by atoms with Gasteiger partial charge in [-0.2, -0.15) is 0 Å². The van der Waals surface area contributed by atoms with Crippen molar-refractivity contribution in [1.29, 1.82) is 0 Å². The van der Waals surface area contributed by atoms with Crippen molar-refractivity contribution in [3.8, 4) is 11.5 Å². The van der Waals surface area contributed by atoms with E-state index >= 15 is 0 Å². The monoisotopic (exact) mass is 412 g/mol. The van der Waals surface area contributed by atoms with E-state index in [4.69, 9.17) is 14.2 Å². The number of ether oxygens (including phenoxy) is 3. The predicted molar refractivity (Wildman–Crippen MR) is 107 cm³/mol. The molecule has 2 amide bonds. The molecule has 2 aliphatic heterocycles. The molecule has 1 fully saturated rings. The third-order valence-electron chi connectivity index (χ3n) is 5.09. The maximum Gasteiger partial charge on any atom is 0.309 e. The van der Waals surface area contributed by atoms with Crippen LogP contribution in [-0.2, 0) is 20.9 Å². The summed E-state index contributed by atoms with van der Waals surface area (Å²) in [5.74, 6) is 0.0274. The fourth-order valence-corrected chi connectivity index (χ4v) is 3.49. The lowest BCUT2D eigenvalue weighted by Gasteiger charge is -2.34. The molecule has 2 aromatic rings. The Morgan fingerprint density at radius 3 is 2.63 bits per heavy atom. The molecule has 1 aromatic carbocycles. The summed E-state index contributed by atoms with van der Waals surface area (Å²) < 4.78 is 16.3. The number of hydrogen-bond acceptors (Lipinski definition) is 7. The van der Waals surface area contributed by atoms with Crippen molar-refractivity contribution < 1.29 is 23.8 Å². The van der Waals surface area contributed by atoms with Crippen molar-refractivity contribution >= 4 is 11.8 Å². The van der Waals surface area contributed by atoms with E-state index in [1.807, 2.05) is 24.3 Å². The maximum absolute atomic E-state index is 12.3. The van der Waals surface area contributed by atoms with Crippen LogP contribution in [0.4, 0.5) is 0 Å². The highest BCUT2D eigenvalue weighted by atomic mass is 16.7. The lowest BCUT2D eigenvalue weighted by Crippen LogP contribution is -2.46. The zero-order valence-electron chi connectivity index (χ0n) is 16.5. The maximum atomic E-state index is 12.3. The largest absolute Gasteiger partial charge is 0.454 e. The minimum Gasteiger partial charge on any atom is -0.454 e. The Hall–Kier alpha value is -3.17. The van der Waals surface area contributed by atoms with Gasteiger partial charge in [-0.25, -0.2) is 0 Å². The Balaban J connectivity index is 1.39. The number of rotatable bonds is 6. The Bertz CT molecular complexity index is 886. The second-order valence-electron chi connectivity index (χ2n) is 6.99. The van der Waals surface area contributed by atoms with Crippen LogP contribution in [0.15, 0.2) is 42.6 Å². The molecule has 2 aliphatic rings. The third-order valence-corrected chi connectivity index (χ3v) is 5.09. The number of benzene rings is 1. The van der Waals surface area contributed by atoms with Gasteiger partial charge >= 0.3 is 11.8 Å². The molecule has 0 spiro atoms. The molecule has 1 unspecified atom stereocenters. The van der Waals surface area contributed by atoms with Crippen LogP contribution in [0.3, 0.4) is 0 Å². The Morgan fingerprint density at radius 2 is 1.83 bits per heavy atom. The van der Waals surface area contributed by atoms with Gasteiger partial charge in [0.1, 0.15) is 0 Å². The minimum absolute atomic E-state index is 0.115. The van der Waals surface area contributed by atoms with Crippen molar-refractivity contribution in [3.05, 3.63) is 53.9 Å². The van der Waals surface area contributed by atoms with E-state index in [1.54, 1.807) is 18.3 Å². The Kier molecular flexibility index (Phi) is 6.41. The summed E-state index contributed by atoms with van der Waals surface area (Å²) in [5, 5.41) is 5.35. The van der Waals surface area contributed by atoms with Crippen LogP contribution in [0.25, 0.3) is 0 Å². The summed E-state index contributed by atoms with van der Waals surface area (Å²) in [6.07, 6.45) is 1.64. The van der Waals surface area contributed by atoms with E-state index in [0.717, 1.165) is 18.7 Å². The molecule has 0 bridgehead atoms. The van der Waals surface area contributed by atoms with E-state index in [2.05, 4.69) is 20.5 Å². The van der Waals surface area contributed by atoms with Crippen molar-refractivity contribution in [2.24, 2.45) is 0 Å². The number of nitrogens with one attached hydrogen (secondary N) is 2.